The van der Waals surface area contributed by atoms with Crippen molar-refractivity contribution in [3.63, 3.8) is 0 Å². The maximum atomic E-state index is 12.2. The molecule has 1 heterocycles. The van der Waals surface area contributed by atoms with E-state index in [1.807, 2.05) is 0 Å². The van der Waals surface area contributed by atoms with Crippen LogP contribution in [0.25, 0.3) is 6.08 Å². The van der Waals surface area contributed by atoms with Crippen LogP contribution in [0.3, 0.4) is 0 Å². The molecule has 1 fully saturated rings. The van der Waals surface area contributed by atoms with E-state index in [9.17, 15) is 14.4 Å². The average Bonchev–Trinajstić information content (AvgIpc) is 2.63. The molecule has 0 unspecified atom stereocenters. The predicted octanol–water partition coefficient (Wildman–Crippen LogP) is 2.31. The van der Waals surface area contributed by atoms with Gasteiger partial charge in [0.05, 0.1) is 13.7 Å². The second-order valence-electron chi connectivity index (χ2n) is 5.68. The van der Waals surface area contributed by atoms with Crippen LogP contribution in [-0.4, -0.2) is 55.5 Å². The van der Waals surface area contributed by atoms with Gasteiger partial charge in [0.25, 0.3) is 11.8 Å². The zero-order valence-electron chi connectivity index (χ0n) is 14.9. The van der Waals surface area contributed by atoms with Gasteiger partial charge in [-0.25, -0.2) is 4.79 Å². The summed E-state index contributed by atoms with van der Waals surface area (Å²) in [6.45, 7) is 2.66. The Morgan fingerprint density at radius 2 is 1.68 bits per heavy atom. The maximum absolute atomic E-state index is 12.2. The minimum absolute atomic E-state index is 0.0775. The molecule has 4 amide bonds. The van der Waals surface area contributed by atoms with E-state index in [1.54, 1.807) is 18.2 Å². The van der Waals surface area contributed by atoms with E-state index in [0.29, 0.717) is 23.7 Å². The molecule has 1 aromatic rings. The number of ether oxygens (including phenoxy) is 2. The third-order valence-electron chi connectivity index (χ3n) is 3.90. The van der Waals surface area contributed by atoms with Crippen LogP contribution in [0, 0.1) is 0 Å². The molecule has 1 saturated heterocycles. The fourth-order valence-corrected chi connectivity index (χ4v) is 2.36. The second-order valence-corrected chi connectivity index (χ2v) is 5.68. The number of hydrogen-bond acceptors (Lipinski definition) is 5. The number of urea groups is 1. The highest BCUT2D eigenvalue weighted by atomic mass is 16.5. The fourth-order valence-electron chi connectivity index (χ4n) is 2.36. The molecule has 0 saturated carbocycles. The lowest BCUT2D eigenvalue weighted by Gasteiger charge is -2.28. The van der Waals surface area contributed by atoms with Crippen molar-refractivity contribution in [1.82, 2.24) is 9.80 Å². The standard InChI is InChI=1S/C18H22N2O5/c1-5-6-9-25-14-8-7-12(11-15(14)24-4)10-13-16(21)19(2)18(23)20(3)17(13)22/h7-8,10-11H,5-6,9H2,1-4H3. The Morgan fingerprint density at radius 3 is 2.24 bits per heavy atom. The van der Waals surface area contributed by atoms with Crippen LogP contribution in [0.15, 0.2) is 23.8 Å². The van der Waals surface area contributed by atoms with E-state index in [0.717, 1.165) is 22.6 Å². The van der Waals surface area contributed by atoms with Crippen molar-refractivity contribution in [3.8, 4) is 11.5 Å². The van der Waals surface area contributed by atoms with Gasteiger partial charge in [-0.2, -0.15) is 0 Å². The van der Waals surface area contributed by atoms with Gasteiger partial charge < -0.3 is 9.47 Å². The summed E-state index contributed by atoms with van der Waals surface area (Å²) in [5.74, 6) is -0.145. The third kappa shape index (κ3) is 3.81. The summed E-state index contributed by atoms with van der Waals surface area (Å²) in [6.07, 6.45) is 3.41. The van der Waals surface area contributed by atoms with E-state index < -0.39 is 17.8 Å². The molecule has 1 aromatic carbocycles. The molecule has 1 aliphatic heterocycles. The van der Waals surface area contributed by atoms with Gasteiger partial charge in [0, 0.05) is 14.1 Å². The van der Waals surface area contributed by atoms with Crippen molar-refractivity contribution in [1.29, 1.82) is 0 Å². The molecule has 0 aromatic heterocycles. The van der Waals surface area contributed by atoms with E-state index in [1.165, 1.54) is 27.3 Å². The van der Waals surface area contributed by atoms with E-state index in [-0.39, 0.29) is 5.57 Å². The number of rotatable bonds is 6. The first kappa shape index (κ1) is 18.5. The number of unbranched alkanes of at least 4 members (excludes halogenated alkanes) is 1. The quantitative estimate of drug-likeness (QED) is 0.449. The van der Waals surface area contributed by atoms with Crippen LogP contribution in [-0.2, 0) is 9.59 Å². The van der Waals surface area contributed by atoms with Crippen molar-refractivity contribution in [2.24, 2.45) is 0 Å². The van der Waals surface area contributed by atoms with Crippen molar-refractivity contribution in [2.75, 3.05) is 27.8 Å². The smallest absolute Gasteiger partial charge is 0.333 e. The monoisotopic (exact) mass is 346 g/mol. The van der Waals surface area contributed by atoms with Gasteiger partial charge >= 0.3 is 6.03 Å². The van der Waals surface area contributed by atoms with Gasteiger partial charge in [0.1, 0.15) is 5.57 Å². The summed E-state index contributed by atoms with van der Waals surface area (Å²) in [4.78, 5) is 38.0. The number of likely N-dealkylation sites (N-methyl/N-ethyl adjacent to an activating group) is 2. The number of nitrogens with zero attached hydrogens (tertiary/aromatic N) is 2. The van der Waals surface area contributed by atoms with Crippen LogP contribution in [0.5, 0.6) is 11.5 Å². The molecule has 0 bridgehead atoms. The lowest BCUT2D eigenvalue weighted by Crippen LogP contribution is -2.52. The molecule has 0 aliphatic carbocycles. The normalized spacial score (nSPS) is 14.9. The molecule has 1 aliphatic rings. The third-order valence-corrected chi connectivity index (χ3v) is 3.90. The van der Waals surface area contributed by atoms with Crippen LogP contribution in [0.4, 0.5) is 4.79 Å². The Hall–Kier alpha value is -2.83. The summed E-state index contributed by atoms with van der Waals surface area (Å²) in [6, 6.07) is 4.50. The van der Waals surface area contributed by atoms with Crippen molar-refractivity contribution in [3.05, 3.63) is 29.3 Å². The number of amides is 4. The zero-order valence-corrected chi connectivity index (χ0v) is 14.9. The van der Waals surface area contributed by atoms with E-state index >= 15 is 0 Å². The topological polar surface area (TPSA) is 76.2 Å². The van der Waals surface area contributed by atoms with Gasteiger partial charge in [0.15, 0.2) is 11.5 Å². The lowest BCUT2D eigenvalue weighted by atomic mass is 10.1. The van der Waals surface area contributed by atoms with Gasteiger partial charge in [-0.1, -0.05) is 19.4 Å². The highest BCUT2D eigenvalue weighted by Gasteiger charge is 2.37. The number of hydrogen-bond donors (Lipinski definition) is 0. The highest BCUT2D eigenvalue weighted by Crippen LogP contribution is 2.29. The molecule has 7 heteroatoms. The molecule has 2 rings (SSSR count). The molecule has 134 valence electrons. The number of barbiturate groups is 1. The number of carbonyl (C=O) groups excluding carboxylic acids is 3. The average molecular weight is 346 g/mol. The largest absolute Gasteiger partial charge is 0.493 e. The first-order valence-electron chi connectivity index (χ1n) is 8.03. The highest BCUT2D eigenvalue weighted by molar-refractivity contribution is 6.30. The maximum Gasteiger partial charge on any atom is 0.333 e. The number of benzene rings is 1. The summed E-state index contributed by atoms with van der Waals surface area (Å²) in [7, 11) is 4.20. The lowest BCUT2D eigenvalue weighted by molar-refractivity contribution is -0.134. The number of methoxy groups -OCH3 is 1. The van der Waals surface area contributed by atoms with Crippen molar-refractivity contribution >= 4 is 23.9 Å². The predicted molar refractivity (Wildman–Crippen MR) is 92.3 cm³/mol. The molecular formula is C18H22N2O5. The molecular weight excluding hydrogens is 324 g/mol. The number of imide groups is 2. The second kappa shape index (κ2) is 7.83. The zero-order chi connectivity index (χ0) is 18.6. The van der Waals surface area contributed by atoms with Gasteiger partial charge in [-0.3, -0.25) is 19.4 Å². The van der Waals surface area contributed by atoms with E-state index in [4.69, 9.17) is 9.47 Å². The summed E-state index contributed by atoms with van der Waals surface area (Å²) < 4.78 is 11.0. The van der Waals surface area contributed by atoms with Crippen LogP contribution in [0.2, 0.25) is 0 Å². The number of carbonyl (C=O) groups is 3. The Balaban J connectivity index is 2.32. The molecule has 7 nitrogen and oxygen atoms in total. The van der Waals surface area contributed by atoms with Crippen molar-refractivity contribution in [2.45, 2.75) is 19.8 Å². The van der Waals surface area contributed by atoms with Gasteiger partial charge in [-0.15, -0.1) is 0 Å². The first-order valence-corrected chi connectivity index (χ1v) is 8.03. The Labute approximate surface area is 146 Å². The Bertz CT molecular complexity index is 700. The van der Waals surface area contributed by atoms with Gasteiger partial charge in [-0.05, 0) is 30.2 Å². The SMILES string of the molecule is CCCCOc1ccc(C=C2C(=O)N(C)C(=O)N(C)C2=O)cc1OC. The molecule has 25 heavy (non-hydrogen) atoms. The van der Waals surface area contributed by atoms with Crippen LogP contribution in [0.1, 0.15) is 25.3 Å². The summed E-state index contributed by atoms with van der Waals surface area (Å²) >= 11 is 0. The minimum Gasteiger partial charge on any atom is -0.493 e. The summed E-state index contributed by atoms with van der Waals surface area (Å²) in [5.41, 5.74) is 0.527. The molecule has 0 spiro atoms. The Morgan fingerprint density at radius 1 is 1.04 bits per heavy atom. The minimum atomic E-state index is -0.649. The molecule has 0 radical (unpaired) electrons. The molecule has 0 N–H and O–H groups in total. The van der Waals surface area contributed by atoms with Gasteiger partial charge in [0.2, 0.25) is 0 Å². The van der Waals surface area contributed by atoms with Crippen molar-refractivity contribution < 1.29 is 23.9 Å². The first-order chi connectivity index (χ1) is 11.9. The molecule has 0 atom stereocenters. The Kier molecular flexibility index (Phi) is 5.80. The fraction of sp³-hybridized carbons (Fsp3) is 0.389. The van der Waals surface area contributed by atoms with E-state index in [2.05, 4.69) is 6.92 Å². The van der Waals surface area contributed by atoms with Crippen LogP contribution >= 0.6 is 0 Å². The summed E-state index contributed by atoms with van der Waals surface area (Å²) in [5, 5.41) is 0. The van der Waals surface area contributed by atoms with Crippen LogP contribution < -0.4 is 9.47 Å².